The predicted octanol–water partition coefficient (Wildman–Crippen LogP) is 4.14. The number of carbonyl (C=O) groups is 1. The van der Waals surface area contributed by atoms with Crippen molar-refractivity contribution in [2.24, 2.45) is 0 Å². The second-order valence-electron chi connectivity index (χ2n) is 6.86. The van der Waals surface area contributed by atoms with Crippen LogP contribution in [0.25, 0.3) is 10.9 Å². The van der Waals surface area contributed by atoms with Crippen LogP contribution in [-0.4, -0.2) is 34.4 Å². The molecule has 0 radical (unpaired) electrons. The molecule has 3 rings (SSSR count). The number of rotatable bonds is 7. The van der Waals surface area contributed by atoms with E-state index in [1.807, 2.05) is 0 Å². The summed E-state index contributed by atoms with van der Waals surface area (Å²) in [6, 6.07) is 8.12. The van der Waals surface area contributed by atoms with Gasteiger partial charge in [-0.2, -0.15) is 0 Å². The average molecular weight is 451 g/mol. The highest BCUT2D eigenvalue weighted by Crippen LogP contribution is 2.27. The molecule has 0 spiro atoms. The van der Waals surface area contributed by atoms with Crippen molar-refractivity contribution in [2.75, 3.05) is 19.0 Å². The van der Waals surface area contributed by atoms with Crippen LogP contribution in [0.2, 0.25) is 0 Å². The molecule has 6 nitrogen and oxygen atoms in total. The van der Waals surface area contributed by atoms with Crippen LogP contribution < -0.4 is 10.9 Å². The lowest BCUT2D eigenvalue weighted by molar-refractivity contribution is -0.115. The SMILES string of the molecule is COC[C@H](C)n1c(S[C@@H](C)C(=O)Nc2ccc(F)c(F)c2F)nc2ccccc2c1=O. The minimum Gasteiger partial charge on any atom is -0.383 e. The van der Waals surface area contributed by atoms with Gasteiger partial charge in [0.15, 0.2) is 22.6 Å². The Labute approximate surface area is 180 Å². The van der Waals surface area contributed by atoms with Crippen molar-refractivity contribution >= 4 is 34.3 Å². The number of fused-ring (bicyclic) bond motifs is 1. The fraction of sp³-hybridized carbons (Fsp3) is 0.286. The lowest BCUT2D eigenvalue weighted by atomic mass is 10.2. The molecule has 1 N–H and O–H groups in total. The van der Waals surface area contributed by atoms with E-state index >= 15 is 0 Å². The third-order valence-corrected chi connectivity index (χ3v) is 5.63. The van der Waals surface area contributed by atoms with Gasteiger partial charge in [0.1, 0.15) is 0 Å². The number of benzene rings is 2. The Morgan fingerprint density at radius 2 is 1.87 bits per heavy atom. The quantitative estimate of drug-likeness (QED) is 0.332. The molecule has 0 saturated heterocycles. The van der Waals surface area contributed by atoms with Crippen molar-refractivity contribution in [1.29, 1.82) is 0 Å². The van der Waals surface area contributed by atoms with Crippen molar-refractivity contribution < 1.29 is 22.7 Å². The molecule has 164 valence electrons. The number of hydrogen-bond donors (Lipinski definition) is 1. The first-order valence-electron chi connectivity index (χ1n) is 9.35. The fourth-order valence-electron chi connectivity index (χ4n) is 2.98. The number of anilines is 1. The van der Waals surface area contributed by atoms with Gasteiger partial charge >= 0.3 is 0 Å². The van der Waals surface area contributed by atoms with Gasteiger partial charge in [-0.15, -0.1) is 0 Å². The summed E-state index contributed by atoms with van der Waals surface area (Å²) in [4.78, 5) is 30.1. The van der Waals surface area contributed by atoms with Crippen LogP contribution in [0, 0.1) is 17.5 Å². The number of ether oxygens (including phenoxy) is 1. The van der Waals surface area contributed by atoms with Gasteiger partial charge in [-0.1, -0.05) is 23.9 Å². The van der Waals surface area contributed by atoms with E-state index in [2.05, 4.69) is 10.3 Å². The van der Waals surface area contributed by atoms with Crippen molar-refractivity contribution in [3.8, 4) is 0 Å². The maximum atomic E-state index is 13.9. The van der Waals surface area contributed by atoms with Crippen LogP contribution in [0.5, 0.6) is 0 Å². The van der Waals surface area contributed by atoms with Crippen molar-refractivity contribution in [2.45, 2.75) is 30.3 Å². The maximum Gasteiger partial charge on any atom is 0.262 e. The van der Waals surface area contributed by atoms with E-state index in [1.165, 1.54) is 18.6 Å². The maximum absolute atomic E-state index is 13.9. The Morgan fingerprint density at radius 1 is 1.16 bits per heavy atom. The average Bonchev–Trinajstić information content (AvgIpc) is 2.74. The summed E-state index contributed by atoms with van der Waals surface area (Å²) in [6.45, 7) is 3.56. The normalized spacial score (nSPS) is 13.2. The zero-order valence-corrected chi connectivity index (χ0v) is 17.8. The summed E-state index contributed by atoms with van der Waals surface area (Å²) in [5.41, 5.74) is -0.292. The standard InChI is InChI=1S/C21H20F3N3O3S/c1-11(10-30-3)27-20(29)13-6-4-5-7-15(13)26-21(27)31-12(2)19(28)25-16-9-8-14(22)17(23)18(16)24/h4-9,11-12H,10H2,1-3H3,(H,25,28)/t11-,12-/m0/s1. The number of nitrogens with zero attached hydrogens (tertiary/aromatic N) is 2. The summed E-state index contributed by atoms with van der Waals surface area (Å²) < 4.78 is 47.0. The first kappa shape index (κ1) is 22.8. The van der Waals surface area contributed by atoms with Crippen LogP contribution in [-0.2, 0) is 9.53 Å². The Kier molecular flexibility index (Phi) is 7.01. The predicted molar refractivity (Wildman–Crippen MR) is 113 cm³/mol. The Hall–Kier alpha value is -2.85. The van der Waals surface area contributed by atoms with E-state index in [1.54, 1.807) is 31.2 Å². The van der Waals surface area contributed by atoms with Gasteiger partial charge in [-0.3, -0.25) is 14.2 Å². The Morgan fingerprint density at radius 3 is 2.58 bits per heavy atom. The molecule has 1 heterocycles. The number of methoxy groups -OCH3 is 1. The molecule has 0 aliphatic carbocycles. The van der Waals surface area contributed by atoms with Gasteiger partial charge in [-0.25, -0.2) is 18.2 Å². The summed E-state index contributed by atoms with van der Waals surface area (Å²) in [5, 5.41) is 2.12. The summed E-state index contributed by atoms with van der Waals surface area (Å²) >= 11 is 0.988. The monoisotopic (exact) mass is 451 g/mol. The van der Waals surface area contributed by atoms with Crippen molar-refractivity contribution in [3.05, 3.63) is 64.2 Å². The molecule has 10 heteroatoms. The molecule has 1 aromatic heterocycles. The summed E-state index contributed by atoms with van der Waals surface area (Å²) in [7, 11) is 1.51. The van der Waals surface area contributed by atoms with Crippen LogP contribution in [0.3, 0.4) is 0 Å². The number of para-hydroxylation sites is 1. The molecule has 0 aliphatic heterocycles. The highest BCUT2D eigenvalue weighted by molar-refractivity contribution is 8.00. The Balaban J connectivity index is 1.93. The first-order chi connectivity index (χ1) is 14.7. The minimum atomic E-state index is -1.67. The lowest BCUT2D eigenvalue weighted by Crippen LogP contribution is -2.30. The molecule has 0 bridgehead atoms. The highest BCUT2D eigenvalue weighted by atomic mass is 32.2. The van der Waals surface area contributed by atoms with E-state index in [0.29, 0.717) is 10.9 Å². The molecule has 3 aromatic rings. The smallest absolute Gasteiger partial charge is 0.262 e. The van der Waals surface area contributed by atoms with E-state index in [9.17, 15) is 22.8 Å². The number of thioether (sulfide) groups is 1. The molecule has 0 saturated carbocycles. The summed E-state index contributed by atoms with van der Waals surface area (Å²) in [5.74, 6) is -5.17. The van der Waals surface area contributed by atoms with E-state index in [-0.39, 0.29) is 23.4 Å². The second kappa shape index (κ2) is 9.52. The number of hydrogen-bond acceptors (Lipinski definition) is 5. The van der Waals surface area contributed by atoms with Crippen molar-refractivity contribution in [1.82, 2.24) is 9.55 Å². The zero-order chi connectivity index (χ0) is 22.7. The van der Waals surface area contributed by atoms with Crippen molar-refractivity contribution in [3.63, 3.8) is 0 Å². The first-order valence-corrected chi connectivity index (χ1v) is 10.2. The Bertz CT molecular complexity index is 1190. The van der Waals surface area contributed by atoms with Gasteiger partial charge in [0.05, 0.1) is 34.5 Å². The van der Waals surface area contributed by atoms with E-state index in [4.69, 9.17) is 4.74 Å². The van der Waals surface area contributed by atoms with Crippen LogP contribution in [0.1, 0.15) is 19.9 Å². The van der Waals surface area contributed by atoms with Crippen LogP contribution >= 0.6 is 11.8 Å². The number of nitrogens with one attached hydrogen (secondary N) is 1. The van der Waals surface area contributed by atoms with Gasteiger partial charge in [0.2, 0.25) is 5.91 Å². The molecule has 31 heavy (non-hydrogen) atoms. The van der Waals surface area contributed by atoms with Gasteiger partial charge in [0.25, 0.3) is 5.56 Å². The topological polar surface area (TPSA) is 73.2 Å². The highest BCUT2D eigenvalue weighted by Gasteiger charge is 2.23. The minimum absolute atomic E-state index is 0.244. The third kappa shape index (κ3) is 4.75. The van der Waals surface area contributed by atoms with Crippen LogP contribution in [0.4, 0.5) is 18.9 Å². The molecule has 0 fully saturated rings. The van der Waals surface area contributed by atoms with Crippen LogP contribution in [0.15, 0.2) is 46.3 Å². The van der Waals surface area contributed by atoms with Gasteiger partial charge < -0.3 is 10.1 Å². The molecule has 2 atom stereocenters. The molecule has 0 unspecified atom stereocenters. The second-order valence-corrected chi connectivity index (χ2v) is 8.17. The molecule has 0 aliphatic rings. The van der Waals surface area contributed by atoms with E-state index < -0.39 is 34.3 Å². The molecular formula is C21H20F3N3O3S. The molecular weight excluding hydrogens is 431 g/mol. The zero-order valence-electron chi connectivity index (χ0n) is 17.0. The fourth-order valence-corrected chi connectivity index (χ4v) is 3.99. The number of halogens is 3. The number of amides is 1. The number of carbonyl (C=O) groups excluding carboxylic acids is 1. The largest absolute Gasteiger partial charge is 0.383 e. The molecule has 2 aromatic carbocycles. The summed E-state index contributed by atoms with van der Waals surface area (Å²) in [6.07, 6.45) is 0. The lowest BCUT2D eigenvalue weighted by Gasteiger charge is -2.20. The molecule has 1 amide bonds. The third-order valence-electron chi connectivity index (χ3n) is 4.57. The van der Waals surface area contributed by atoms with Gasteiger partial charge in [0, 0.05) is 7.11 Å². The number of aromatic nitrogens is 2. The van der Waals surface area contributed by atoms with E-state index in [0.717, 1.165) is 23.9 Å². The van der Waals surface area contributed by atoms with Gasteiger partial charge in [-0.05, 0) is 38.1 Å².